The normalized spacial score (nSPS) is 14.6. The third-order valence-corrected chi connectivity index (χ3v) is 7.36. The first-order chi connectivity index (χ1) is 15.8. The van der Waals surface area contributed by atoms with Crippen molar-refractivity contribution in [1.29, 1.82) is 0 Å². The highest BCUT2D eigenvalue weighted by molar-refractivity contribution is 7.92. The van der Waals surface area contributed by atoms with E-state index in [9.17, 15) is 8.42 Å². The Morgan fingerprint density at radius 1 is 0.848 bits per heavy atom. The fraction of sp³-hybridized carbons (Fsp3) is 0.360. The van der Waals surface area contributed by atoms with Crippen molar-refractivity contribution >= 4 is 33.2 Å². The van der Waals surface area contributed by atoms with Crippen LogP contribution in [0.5, 0.6) is 0 Å². The molecule has 1 aromatic heterocycles. The van der Waals surface area contributed by atoms with Crippen LogP contribution < -0.4 is 15.4 Å². The summed E-state index contributed by atoms with van der Waals surface area (Å²) in [6.45, 7) is 5.62. The minimum Gasteiger partial charge on any atom is -0.351 e. The summed E-state index contributed by atoms with van der Waals surface area (Å²) in [7, 11) is -3.66. The number of aromatic nitrogens is 2. The van der Waals surface area contributed by atoms with E-state index in [0.29, 0.717) is 34.0 Å². The second-order valence-electron chi connectivity index (χ2n) is 8.77. The number of nitrogens with zero attached hydrogens (tertiary/aromatic N) is 2. The van der Waals surface area contributed by atoms with Crippen LogP contribution in [0.3, 0.4) is 0 Å². The number of hydrogen-bond acceptors (Lipinski definition) is 6. The molecule has 1 aliphatic carbocycles. The van der Waals surface area contributed by atoms with E-state index in [4.69, 9.17) is 0 Å². The number of hydrogen-bond donors (Lipinski definition) is 3. The van der Waals surface area contributed by atoms with E-state index in [1.54, 1.807) is 25.1 Å². The fourth-order valence-electron chi connectivity index (χ4n) is 4.10. The van der Waals surface area contributed by atoms with Crippen LogP contribution in [0.25, 0.3) is 0 Å². The zero-order valence-corrected chi connectivity index (χ0v) is 20.2. The van der Waals surface area contributed by atoms with E-state index in [1.807, 2.05) is 44.2 Å². The molecule has 0 atom stereocenters. The van der Waals surface area contributed by atoms with Crippen molar-refractivity contribution in [2.45, 2.75) is 63.8 Å². The zero-order chi connectivity index (χ0) is 23.4. The summed E-state index contributed by atoms with van der Waals surface area (Å²) in [6, 6.07) is 14.8. The van der Waals surface area contributed by atoms with Gasteiger partial charge in [-0.1, -0.05) is 31.4 Å². The molecule has 1 heterocycles. The van der Waals surface area contributed by atoms with Crippen LogP contribution >= 0.6 is 0 Å². The Morgan fingerprint density at radius 3 is 2.27 bits per heavy atom. The quantitative estimate of drug-likeness (QED) is 0.415. The Morgan fingerprint density at radius 2 is 1.55 bits per heavy atom. The first-order valence-electron chi connectivity index (χ1n) is 11.4. The maximum atomic E-state index is 12.8. The van der Waals surface area contributed by atoms with Gasteiger partial charge in [-0.05, 0) is 75.1 Å². The third-order valence-electron chi connectivity index (χ3n) is 5.84. The van der Waals surface area contributed by atoms with Gasteiger partial charge in [-0.2, -0.15) is 4.98 Å². The van der Waals surface area contributed by atoms with Gasteiger partial charge in [0.15, 0.2) is 0 Å². The lowest BCUT2D eigenvalue weighted by Gasteiger charge is -2.23. The number of nitrogens with one attached hydrogen (secondary N) is 3. The highest BCUT2D eigenvalue weighted by atomic mass is 32.2. The van der Waals surface area contributed by atoms with Crippen LogP contribution in [0.2, 0.25) is 0 Å². The monoisotopic (exact) mass is 465 g/mol. The third kappa shape index (κ3) is 6.01. The molecule has 0 spiro atoms. The van der Waals surface area contributed by atoms with Crippen molar-refractivity contribution in [3.05, 3.63) is 65.4 Å². The predicted molar refractivity (Wildman–Crippen MR) is 134 cm³/mol. The molecular weight excluding hydrogens is 434 g/mol. The number of aryl methyl sites for hydroxylation is 3. The van der Waals surface area contributed by atoms with Crippen molar-refractivity contribution in [2.24, 2.45) is 0 Å². The molecule has 33 heavy (non-hydrogen) atoms. The maximum Gasteiger partial charge on any atom is 0.262 e. The van der Waals surface area contributed by atoms with E-state index in [0.717, 1.165) is 29.8 Å². The van der Waals surface area contributed by atoms with Crippen LogP contribution in [-0.4, -0.2) is 24.4 Å². The van der Waals surface area contributed by atoms with E-state index in [2.05, 4.69) is 25.3 Å². The molecule has 7 nitrogen and oxygen atoms in total. The second-order valence-corrected chi connectivity index (χ2v) is 10.4. The SMILES string of the molecule is Cc1ccc(C)c(S(=O)(=O)Nc2ccc(Nc3cc(C)nc(NC4CCCCC4)n3)cc2)c1. The van der Waals surface area contributed by atoms with E-state index < -0.39 is 10.0 Å². The molecule has 1 saturated carbocycles. The van der Waals surface area contributed by atoms with Crippen LogP contribution in [0.15, 0.2) is 53.4 Å². The molecule has 0 radical (unpaired) electrons. The van der Waals surface area contributed by atoms with E-state index in [1.165, 1.54) is 19.3 Å². The molecule has 1 aliphatic rings. The lowest BCUT2D eigenvalue weighted by atomic mass is 9.96. The van der Waals surface area contributed by atoms with Gasteiger partial charge in [0.1, 0.15) is 5.82 Å². The van der Waals surface area contributed by atoms with Gasteiger partial charge in [0.2, 0.25) is 5.95 Å². The standard InChI is InChI=1S/C25H31N5O2S/c1-17-9-10-18(2)23(15-17)33(31,32)30-22-13-11-21(12-14-22)27-24-16-19(3)26-25(29-24)28-20-7-5-4-6-8-20/h9-16,20,30H,4-8H2,1-3H3,(H2,26,27,28,29). The van der Waals surface area contributed by atoms with Gasteiger partial charge in [-0.25, -0.2) is 13.4 Å². The summed E-state index contributed by atoms with van der Waals surface area (Å²) < 4.78 is 28.3. The lowest BCUT2D eigenvalue weighted by molar-refractivity contribution is 0.461. The summed E-state index contributed by atoms with van der Waals surface area (Å²) in [5.74, 6) is 1.34. The topological polar surface area (TPSA) is 96.0 Å². The number of benzene rings is 2. The Hall–Kier alpha value is -3.13. The Kier molecular flexibility index (Phi) is 6.83. The molecule has 4 rings (SSSR count). The lowest BCUT2D eigenvalue weighted by Crippen LogP contribution is -2.23. The average Bonchev–Trinajstić information content (AvgIpc) is 2.77. The van der Waals surface area contributed by atoms with Gasteiger partial charge in [0, 0.05) is 29.2 Å². The zero-order valence-electron chi connectivity index (χ0n) is 19.4. The summed E-state index contributed by atoms with van der Waals surface area (Å²) in [6.07, 6.45) is 6.09. The Bertz CT molecular complexity index is 1220. The molecule has 0 saturated heterocycles. The van der Waals surface area contributed by atoms with Gasteiger partial charge in [-0.3, -0.25) is 4.72 Å². The van der Waals surface area contributed by atoms with Crippen molar-refractivity contribution in [3.8, 4) is 0 Å². The molecule has 0 unspecified atom stereocenters. The van der Waals surface area contributed by atoms with Gasteiger partial charge in [0.25, 0.3) is 10.0 Å². The molecule has 2 aromatic carbocycles. The largest absolute Gasteiger partial charge is 0.351 e. The fourth-order valence-corrected chi connectivity index (χ4v) is 5.49. The second kappa shape index (κ2) is 9.79. The summed E-state index contributed by atoms with van der Waals surface area (Å²) in [4.78, 5) is 9.44. The number of rotatable bonds is 7. The van der Waals surface area contributed by atoms with Gasteiger partial charge in [-0.15, -0.1) is 0 Å². The molecule has 174 valence electrons. The molecule has 0 amide bonds. The first-order valence-corrected chi connectivity index (χ1v) is 12.9. The van der Waals surface area contributed by atoms with Gasteiger partial charge < -0.3 is 10.6 Å². The molecule has 3 N–H and O–H groups in total. The summed E-state index contributed by atoms with van der Waals surface area (Å²) >= 11 is 0. The van der Waals surface area contributed by atoms with Crippen LogP contribution in [0, 0.1) is 20.8 Å². The maximum absolute atomic E-state index is 12.8. The van der Waals surface area contributed by atoms with E-state index >= 15 is 0 Å². The smallest absolute Gasteiger partial charge is 0.262 e. The average molecular weight is 466 g/mol. The van der Waals surface area contributed by atoms with Crippen LogP contribution in [0.4, 0.5) is 23.1 Å². The Labute approximate surface area is 196 Å². The highest BCUT2D eigenvalue weighted by Gasteiger charge is 2.17. The molecule has 0 aliphatic heterocycles. The molecular formula is C25H31N5O2S. The minimum atomic E-state index is -3.66. The van der Waals surface area contributed by atoms with Crippen molar-refractivity contribution in [2.75, 3.05) is 15.4 Å². The molecule has 8 heteroatoms. The van der Waals surface area contributed by atoms with Gasteiger partial charge in [0.05, 0.1) is 4.90 Å². The van der Waals surface area contributed by atoms with Crippen LogP contribution in [0.1, 0.15) is 48.9 Å². The van der Waals surface area contributed by atoms with Crippen molar-refractivity contribution in [1.82, 2.24) is 9.97 Å². The number of sulfonamides is 1. The van der Waals surface area contributed by atoms with Crippen molar-refractivity contribution < 1.29 is 8.42 Å². The predicted octanol–water partition coefficient (Wildman–Crippen LogP) is 5.69. The molecule has 3 aromatic rings. The highest BCUT2D eigenvalue weighted by Crippen LogP contribution is 2.24. The molecule has 0 bridgehead atoms. The van der Waals surface area contributed by atoms with Gasteiger partial charge >= 0.3 is 0 Å². The summed E-state index contributed by atoms with van der Waals surface area (Å²) in [5.41, 5.74) is 3.80. The van der Waals surface area contributed by atoms with Crippen LogP contribution in [-0.2, 0) is 10.0 Å². The van der Waals surface area contributed by atoms with Crippen molar-refractivity contribution in [3.63, 3.8) is 0 Å². The number of anilines is 4. The Balaban J connectivity index is 1.45. The van der Waals surface area contributed by atoms with E-state index in [-0.39, 0.29) is 0 Å². The first kappa shape index (κ1) is 23.0. The molecule has 1 fully saturated rings. The minimum absolute atomic E-state index is 0.291. The summed E-state index contributed by atoms with van der Waals surface area (Å²) in [5, 5.41) is 6.76.